The van der Waals surface area contributed by atoms with E-state index in [9.17, 15) is 9.90 Å². The molecule has 1 heterocycles. The number of hydrogen-bond donors (Lipinski definition) is 2. The van der Waals surface area contributed by atoms with E-state index in [2.05, 4.69) is 68.8 Å². The zero-order valence-electron chi connectivity index (χ0n) is 19.9. The summed E-state index contributed by atoms with van der Waals surface area (Å²) < 4.78 is 2.35. The summed E-state index contributed by atoms with van der Waals surface area (Å²) in [7, 11) is 0. The highest BCUT2D eigenvalue weighted by Crippen LogP contribution is 2.46. The van der Waals surface area contributed by atoms with Gasteiger partial charge in [-0.15, -0.1) is 0 Å². The van der Waals surface area contributed by atoms with Gasteiger partial charge in [0.2, 0.25) is 5.95 Å². The van der Waals surface area contributed by atoms with E-state index in [4.69, 9.17) is 4.98 Å². The van der Waals surface area contributed by atoms with Crippen molar-refractivity contribution < 1.29 is 9.90 Å². The van der Waals surface area contributed by atoms with E-state index in [0.29, 0.717) is 17.9 Å². The summed E-state index contributed by atoms with van der Waals surface area (Å²) in [6.45, 7) is 11.5. The van der Waals surface area contributed by atoms with E-state index in [1.54, 1.807) is 0 Å². The number of fused-ring (bicyclic) bond motifs is 1. The summed E-state index contributed by atoms with van der Waals surface area (Å²) in [6.07, 6.45) is 3.46. The summed E-state index contributed by atoms with van der Waals surface area (Å²) in [6, 6.07) is 14.8. The van der Waals surface area contributed by atoms with Crippen LogP contribution in [0.5, 0.6) is 0 Å². The van der Waals surface area contributed by atoms with E-state index in [-0.39, 0.29) is 11.8 Å². The van der Waals surface area contributed by atoms with Crippen LogP contribution in [0.25, 0.3) is 11.0 Å². The number of carbonyl (C=O) groups is 1. The Morgan fingerprint density at radius 1 is 1.19 bits per heavy atom. The molecule has 4 rings (SSSR count). The molecule has 0 spiro atoms. The van der Waals surface area contributed by atoms with Crippen molar-refractivity contribution >= 4 is 28.6 Å². The molecule has 0 unspecified atom stereocenters. The summed E-state index contributed by atoms with van der Waals surface area (Å²) in [5.74, 6) is 1.15. The number of aliphatic carboxylic acids is 1. The molecule has 5 heteroatoms. The maximum absolute atomic E-state index is 11.2. The van der Waals surface area contributed by atoms with Crippen molar-refractivity contribution in [2.45, 2.75) is 72.3 Å². The van der Waals surface area contributed by atoms with E-state index in [0.717, 1.165) is 41.1 Å². The lowest BCUT2D eigenvalue weighted by Crippen LogP contribution is -2.29. The molecule has 32 heavy (non-hydrogen) atoms. The highest BCUT2D eigenvalue weighted by Gasteiger charge is 2.34. The van der Waals surface area contributed by atoms with Gasteiger partial charge in [-0.1, -0.05) is 52.8 Å². The van der Waals surface area contributed by atoms with Crippen LogP contribution in [0.3, 0.4) is 0 Å². The molecular formula is C27H35N3O2. The molecule has 0 saturated heterocycles. The van der Waals surface area contributed by atoms with Crippen molar-refractivity contribution in [3.05, 3.63) is 53.6 Å². The van der Waals surface area contributed by atoms with Gasteiger partial charge in [-0.2, -0.15) is 0 Å². The Morgan fingerprint density at radius 2 is 1.91 bits per heavy atom. The lowest BCUT2D eigenvalue weighted by atomic mass is 9.70. The number of imidazole rings is 1. The molecule has 1 aliphatic rings. The van der Waals surface area contributed by atoms with Crippen molar-refractivity contribution in [2.24, 2.45) is 11.3 Å². The lowest BCUT2D eigenvalue weighted by molar-refractivity contribution is -0.136. The van der Waals surface area contributed by atoms with Gasteiger partial charge in [0, 0.05) is 11.7 Å². The Morgan fingerprint density at radius 3 is 2.53 bits per heavy atom. The topological polar surface area (TPSA) is 67.2 Å². The first-order chi connectivity index (χ1) is 15.1. The largest absolute Gasteiger partial charge is 0.481 e. The minimum atomic E-state index is -0.824. The quantitative estimate of drug-likeness (QED) is 0.443. The van der Waals surface area contributed by atoms with Gasteiger partial charge in [0.05, 0.1) is 17.5 Å². The molecule has 5 nitrogen and oxygen atoms in total. The zero-order chi connectivity index (χ0) is 23.0. The second-order valence-corrected chi connectivity index (χ2v) is 10.7. The third-order valence-electron chi connectivity index (χ3n) is 6.67. The van der Waals surface area contributed by atoms with Gasteiger partial charge in [0.25, 0.3) is 0 Å². The Hall–Kier alpha value is -2.82. The van der Waals surface area contributed by atoms with Crippen molar-refractivity contribution in [1.82, 2.24) is 9.55 Å². The van der Waals surface area contributed by atoms with Crippen LogP contribution in [0.15, 0.2) is 42.5 Å². The monoisotopic (exact) mass is 433 g/mol. The minimum Gasteiger partial charge on any atom is -0.481 e. The second-order valence-electron chi connectivity index (χ2n) is 10.7. The molecule has 1 saturated carbocycles. The van der Waals surface area contributed by atoms with Crippen LogP contribution in [0.2, 0.25) is 0 Å². The number of anilines is 2. The molecule has 1 fully saturated rings. The third kappa shape index (κ3) is 4.82. The molecule has 2 atom stereocenters. The average Bonchev–Trinajstić information content (AvgIpc) is 3.03. The summed E-state index contributed by atoms with van der Waals surface area (Å²) >= 11 is 0. The molecule has 0 aliphatic heterocycles. The van der Waals surface area contributed by atoms with Crippen molar-refractivity contribution in [2.75, 3.05) is 5.32 Å². The third-order valence-corrected chi connectivity index (χ3v) is 6.67. The molecular weight excluding hydrogens is 398 g/mol. The predicted molar refractivity (Wildman–Crippen MR) is 131 cm³/mol. The fourth-order valence-electron chi connectivity index (χ4n) is 5.46. The second kappa shape index (κ2) is 8.61. The molecule has 0 radical (unpaired) electrons. The van der Waals surface area contributed by atoms with Gasteiger partial charge < -0.3 is 15.0 Å². The molecule has 2 aromatic carbocycles. The van der Waals surface area contributed by atoms with Gasteiger partial charge in [-0.3, -0.25) is 4.79 Å². The summed E-state index contributed by atoms with van der Waals surface area (Å²) in [5.41, 5.74) is 5.29. The first-order valence-electron chi connectivity index (χ1n) is 11.7. The van der Waals surface area contributed by atoms with Crippen molar-refractivity contribution in [1.29, 1.82) is 0 Å². The fourth-order valence-corrected chi connectivity index (χ4v) is 5.46. The Bertz CT molecular complexity index is 1110. The number of rotatable bonds is 6. The zero-order valence-corrected chi connectivity index (χ0v) is 19.9. The number of hydrogen-bond acceptors (Lipinski definition) is 3. The van der Waals surface area contributed by atoms with Crippen LogP contribution in [-0.2, 0) is 11.2 Å². The normalized spacial score (nSPS) is 20.6. The summed E-state index contributed by atoms with van der Waals surface area (Å²) in [5, 5.41) is 12.8. The van der Waals surface area contributed by atoms with Crippen LogP contribution >= 0.6 is 0 Å². The SMILES string of the molecule is CC(C)c1ccc(Nc2nc3cc(CC(=O)O)ccc3n2[C@H]2C[C@@H](C)CC(C)(C)C2)cc1. The van der Waals surface area contributed by atoms with Crippen LogP contribution < -0.4 is 5.32 Å². The first-order valence-corrected chi connectivity index (χ1v) is 11.7. The van der Waals surface area contributed by atoms with Gasteiger partial charge in [-0.05, 0) is 71.9 Å². The Kier molecular flexibility index (Phi) is 6.02. The van der Waals surface area contributed by atoms with Gasteiger partial charge in [0.15, 0.2) is 0 Å². The van der Waals surface area contributed by atoms with Gasteiger partial charge in [0.1, 0.15) is 0 Å². The molecule has 170 valence electrons. The van der Waals surface area contributed by atoms with Crippen LogP contribution in [0.1, 0.15) is 77.0 Å². The van der Waals surface area contributed by atoms with Crippen molar-refractivity contribution in [3.63, 3.8) is 0 Å². The van der Waals surface area contributed by atoms with E-state index in [1.807, 2.05) is 18.2 Å². The van der Waals surface area contributed by atoms with E-state index in [1.165, 1.54) is 12.0 Å². The van der Waals surface area contributed by atoms with Crippen LogP contribution in [0, 0.1) is 11.3 Å². The van der Waals surface area contributed by atoms with Gasteiger partial charge in [-0.25, -0.2) is 4.98 Å². The number of carboxylic acids is 1. The lowest BCUT2D eigenvalue weighted by Gasteiger charge is -2.40. The first kappa shape index (κ1) is 22.4. The van der Waals surface area contributed by atoms with Crippen LogP contribution in [0.4, 0.5) is 11.6 Å². The molecule has 1 aliphatic carbocycles. The van der Waals surface area contributed by atoms with E-state index >= 15 is 0 Å². The standard InChI is InChI=1S/C27H35N3O2/c1-17(2)20-7-9-21(10-8-20)28-26-29-23-13-19(14-25(31)32)6-11-24(23)30(26)22-12-18(3)15-27(4,5)16-22/h6-11,13,17-18,22H,12,14-16H2,1-5H3,(H,28,29)(H,31,32)/t18-,22+/m1/s1. The smallest absolute Gasteiger partial charge is 0.307 e. The number of aromatic nitrogens is 2. The highest BCUT2D eigenvalue weighted by atomic mass is 16.4. The highest BCUT2D eigenvalue weighted by molar-refractivity contribution is 5.82. The maximum atomic E-state index is 11.2. The molecule has 3 aromatic rings. The number of nitrogens with one attached hydrogen (secondary N) is 1. The predicted octanol–water partition coefficient (Wildman–Crippen LogP) is 6.92. The summed E-state index contributed by atoms with van der Waals surface area (Å²) in [4.78, 5) is 16.2. The van der Waals surface area contributed by atoms with E-state index < -0.39 is 5.97 Å². The molecule has 2 N–H and O–H groups in total. The van der Waals surface area contributed by atoms with Crippen LogP contribution in [-0.4, -0.2) is 20.6 Å². The fraction of sp³-hybridized carbons (Fsp3) is 0.481. The molecule has 1 aromatic heterocycles. The molecule has 0 amide bonds. The number of carboxylic acid groups (broad SMARTS) is 1. The maximum Gasteiger partial charge on any atom is 0.307 e. The van der Waals surface area contributed by atoms with Gasteiger partial charge >= 0.3 is 5.97 Å². The Balaban J connectivity index is 1.76. The Labute approximate surface area is 190 Å². The minimum absolute atomic E-state index is 0.00964. The number of nitrogens with zero attached hydrogens (tertiary/aromatic N) is 2. The number of benzene rings is 2. The average molecular weight is 434 g/mol. The molecule has 0 bridgehead atoms. The van der Waals surface area contributed by atoms with Crippen molar-refractivity contribution in [3.8, 4) is 0 Å².